The zero-order valence-electron chi connectivity index (χ0n) is 22.2. The molecular weight excluding hydrogens is 468 g/mol. The number of aliphatic hydroxyl groups excluding tert-OH is 1. The van der Waals surface area contributed by atoms with E-state index in [9.17, 15) is 10.2 Å². The topological polar surface area (TPSA) is 50.2 Å². The average molecular weight is 510 g/mol. The van der Waals surface area contributed by atoms with Gasteiger partial charge in [-0.2, -0.15) is 0 Å². The fourth-order valence-corrected chi connectivity index (χ4v) is 6.14. The van der Waals surface area contributed by atoms with Crippen LogP contribution in [0.5, 0.6) is 5.75 Å². The molecule has 1 saturated heterocycles. The summed E-state index contributed by atoms with van der Waals surface area (Å²) >= 11 is 1.77. The summed E-state index contributed by atoms with van der Waals surface area (Å²) in [5.74, 6) is 0.316. The lowest BCUT2D eigenvalue weighted by Gasteiger charge is -2.41. The van der Waals surface area contributed by atoms with E-state index in [-0.39, 0.29) is 6.61 Å². The van der Waals surface area contributed by atoms with Gasteiger partial charge in [-0.25, -0.2) is 0 Å². The van der Waals surface area contributed by atoms with Crippen LogP contribution in [0.25, 0.3) is 5.57 Å². The molecule has 0 bridgehead atoms. The van der Waals surface area contributed by atoms with Gasteiger partial charge in [0.15, 0.2) is 0 Å². The Morgan fingerprint density at radius 2 is 1.83 bits per heavy atom. The number of phenolic OH excluding ortho intramolecular Hbond substituents is 1. The standard InChI is InChI=1S/C29H40N4O2S/c1-5-32(6-2)24-11-12-25(27(35)22-24)23(13-14-31-15-17-33(4,18-16-31)19-20-34)21-29-30(3)26-9-7-8-10-28(26)36-29/h7-13,21-22,34H,5-6,14-20H2,1-4H3/p+1/b23-13-,29-21-. The number of hydrogen-bond donors (Lipinski definition) is 2. The number of phenols is 1. The molecule has 2 N–H and O–H groups in total. The van der Waals surface area contributed by atoms with Crippen LogP contribution in [-0.4, -0.2) is 92.7 Å². The molecule has 2 aliphatic rings. The molecule has 194 valence electrons. The molecule has 0 aromatic heterocycles. The maximum atomic E-state index is 11.1. The molecule has 36 heavy (non-hydrogen) atoms. The lowest BCUT2D eigenvalue weighted by Crippen LogP contribution is -2.58. The summed E-state index contributed by atoms with van der Waals surface area (Å²) in [6.07, 6.45) is 4.48. The Kier molecular flexibility index (Phi) is 8.67. The Bertz CT molecular complexity index is 1100. The molecule has 7 heteroatoms. The highest BCUT2D eigenvalue weighted by Crippen LogP contribution is 2.46. The molecule has 2 aliphatic heterocycles. The van der Waals surface area contributed by atoms with E-state index < -0.39 is 0 Å². The van der Waals surface area contributed by atoms with Crippen molar-refractivity contribution >= 4 is 28.7 Å². The van der Waals surface area contributed by atoms with E-state index in [4.69, 9.17) is 0 Å². The van der Waals surface area contributed by atoms with Crippen molar-refractivity contribution in [3.05, 3.63) is 65.2 Å². The van der Waals surface area contributed by atoms with E-state index in [0.29, 0.717) is 5.75 Å². The van der Waals surface area contributed by atoms with E-state index in [0.717, 1.165) is 78.7 Å². The van der Waals surface area contributed by atoms with Crippen LogP contribution in [0.3, 0.4) is 0 Å². The van der Waals surface area contributed by atoms with Gasteiger partial charge in [0.1, 0.15) is 12.3 Å². The molecule has 2 heterocycles. The molecule has 6 nitrogen and oxygen atoms in total. The van der Waals surface area contributed by atoms with Crippen LogP contribution >= 0.6 is 11.8 Å². The second-order valence-corrected chi connectivity index (χ2v) is 11.0. The quantitative estimate of drug-likeness (QED) is 0.487. The number of thioether (sulfide) groups is 1. The summed E-state index contributed by atoms with van der Waals surface area (Å²) in [5.41, 5.74) is 4.16. The lowest BCUT2D eigenvalue weighted by molar-refractivity contribution is -0.913. The molecule has 0 amide bonds. The number of benzene rings is 2. The zero-order chi connectivity index (χ0) is 25.7. The Morgan fingerprint density at radius 3 is 2.47 bits per heavy atom. The molecular formula is C29H41N4O2S+. The van der Waals surface area contributed by atoms with E-state index in [1.165, 1.54) is 10.6 Å². The SMILES string of the molecule is CCN(CC)c1ccc(C(=C\CN2CC[N+](C)(CCO)CC2)/C=C2\Sc3ccccc3N2C)c(O)c1. The summed E-state index contributed by atoms with van der Waals surface area (Å²) < 4.78 is 0.931. The van der Waals surface area contributed by atoms with Crippen LogP contribution in [0.1, 0.15) is 19.4 Å². The van der Waals surface area contributed by atoms with Crippen LogP contribution in [0.15, 0.2) is 64.5 Å². The molecule has 0 saturated carbocycles. The number of fused-ring (bicyclic) bond motifs is 1. The average Bonchev–Trinajstić information content (AvgIpc) is 3.19. The van der Waals surface area contributed by atoms with E-state index in [2.05, 4.69) is 91.2 Å². The first-order valence-electron chi connectivity index (χ1n) is 13.0. The normalized spacial score (nSPS) is 19.1. The summed E-state index contributed by atoms with van der Waals surface area (Å²) in [5, 5.41) is 21.7. The molecule has 1 fully saturated rings. The van der Waals surface area contributed by atoms with E-state index >= 15 is 0 Å². The van der Waals surface area contributed by atoms with Gasteiger partial charge >= 0.3 is 0 Å². The Hall–Kier alpha value is -2.45. The predicted octanol–water partition coefficient (Wildman–Crippen LogP) is 4.46. The number of aliphatic hydroxyl groups is 1. The number of allylic oxidation sites excluding steroid dienone is 2. The first-order valence-corrected chi connectivity index (χ1v) is 13.9. The predicted molar refractivity (Wildman–Crippen MR) is 153 cm³/mol. The zero-order valence-corrected chi connectivity index (χ0v) is 23.0. The second kappa shape index (κ2) is 11.7. The van der Waals surface area contributed by atoms with Gasteiger partial charge in [0.25, 0.3) is 0 Å². The van der Waals surface area contributed by atoms with Crippen molar-refractivity contribution in [2.24, 2.45) is 0 Å². The summed E-state index contributed by atoms with van der Waals surface area (Å²) in [7, 11) is 4.34. The Morgan fingerprint density at radius 1 is 1.11 bits per heavy atom. The van der Waals surface area contributed by atoms with Crippen LogP contribution in [0.2, 0.25) is 0 Å². The molecule has 4 rings (SSSR count). The lowest BCUT2D eigenvalue weighted by atomic mass is 10.0. The third kappa shape index (κ3) is 5.92. The molecule has 2 aromatic carbocycles. The van der Waals surface area contributed by atoms with Gasteiger partial charge in [0.2, 0.25) is 0 Å². The number of para-hydroxylation sites is 1. The molecule has 0 atom stereocenters. The van der Waals surface area contributed by atoms with Gasteiger partial charge in [0, 0.05) is 62.0 Å². The molecule has 0 radical (unpaired) electrons. The first kappa shape index (κ1) is 26.6. The summed E-state index contributed by atoms with van der Waals surface area (Å²) in [6, 6.07) is 14.5. The van der Waals surface area contributed by atoms with Crippen LogP contribution in [0.4, 0.5) is 11.4 Å². The van der Waals surface area contributed by atoms with E-state index in [1.54, 1.807) is 11.8 Å². The molecule has 0 unspecified atom stereocenters. The van der Waals surface area contributed by atoms with Gasteiger partial charge < -0.3 is 24.5 Å². The number of rotatable bonds is 9. The maximum Gasteiger partial charge on any atom is 0.125 e. The fraction of sp³-hybridized carbons (Fsp3) is 0.448. The highest BCUT2D eigenvalue weighted by molar-refractivity contribution is 8.03. The van der Waals surface area contributed by atoms with Crippen molar-refractivity contribution in [3.8, 4) is 5.75 Å². The van der Waals surface area contributed by atoms with Crippen molar-refractivity contribution in [3.63, 3.8) is 0 Å². The number of aromatic hydroxyl groups is 1. The van der Waals surface area contributed by atoms with Gasteiger partial charge in [-0.3, -0.25) is 4.90 Å². The van der Waals surface area contributed by atoms with Crippen molar-refractivity contribution < 1.29 is 14.7 Å². The van der Waals surface area contributed by atoms with Crippen LogP contribution in [-0.2, 0) is 0 Å². The number of hydrogen-bond acceptors (Lipinski definition) is 6. The number of anilines is 2. The van der Waals surface area contributed by atoms with Gasteiger partial charge in [-0.15, -0.1) is 0 Å². The minimum atomic E-state index is 0.241. The largest absolute Gasteiger partial charge is 0.507 e. The Balaban J connectivity index is 1.62. The second-order valence-electron chi connectivity index (χ2n) is 9.96. The van der Waals surface area contributed by atoms with Crippen LogP contribution < -0.4 is 9.80 Å². The monoisotopic (exact) mass is 509 g/mol. The molecule has 0 aliphatic carbocycles. The first-order chi connectivity index (χ1) is 17.4. The third-order valence-corrected chi connectivity index (χ3v) is 8.76. The highest BCUT2D eigenvalue weighted by Gasteiger charge is 2.28. The van der Waals surface area contributed by atoms with Crippen molar-refractivity contribution in [2.45, 2.75) is 18.7 Å². The van der Waals surface area contributed by atoms with Crippen LogP contribution in [0, 0.1) is 0 Å². The van der Waals surface area contributed by atoms with E-state index in [1.807, 2.05) is 6.07 Å². The summed E-state index contributed by atoms with van der Waals surface area (Å²) in [6.45, 7) is 12.1. The summed E-state index contributed by atoms with van der Waals surface area (Å²) in [4.78, 5) is 8.20. The number of likely N-dealkylation sites (N-methyl/N-ethyl adjacent to an activating group) is 1. The van der Waals surface area contributed by atoms with Gasteiger partial charge in [-0.05, 0) is 49.8 Å². The smallest absolute Gasteiger partial charge is 0.125 e. The number of nitrogens with zero attached hydrogens (tertiary/aromatic N) is 4. The minimum absolute atomic E-state index is 0.241. The van der Waals surface area contributed by atoms with Crippen molar-refractivity contribution in [2.75, 3.05) is 82.9 Å². The highest BCUT2D eigenvalue weighted by atomic mass is 32.2. The minimum Gasteiger partial charge on any atom is -0.507 e. The number of quaternary nitrogens is 1. The van der Waals surface area contributed by atoms with Crippen molar-refractivity contribution in [1.82, 2.24) is 4.90 Å². The number of piperazine rings is 1. The molecule has 0 spiro atoms. The maximum absolute atomic E-state index is 11.1. The molecule has 2 aromatic rings. The van der Waals surface area contributed by atoms with Gasteiger partial charge in [0.05, 0.1) is 37.5 Å². The van der Waals surface area contributed by atoms with Gasteiger partial charge in [-0.1, -0.05) is 30.0 Å². The van der Waals surface area contributed by atoms with Crippen molar-refractivity contribution in [1.29, 1.82) is 0 Å². The third-order valence-electron chi connectivity index (χ3n) is 7.59. The Labute approximate surface area is 220 Å². The fourth-order valence-electron chi connectivity index (χ4n) is 5.04.